The summed E-state index contributed by atoms with van der Waals surface area (Å²) < 4.78 is 4.16. The van der Waals surface area contributed by atoms with Gasteiger partial charge in [-0.3, -0.25) is 9.48 Å². The molecule has 25 heavy (non-hydrogen) atoms. The quantitative estimate of drug-likeness (QED) is 0.738. The predicted molar refractivity (Wildman–Crippen MR) is 96.1 cm³/mol. The molecule has 2 unspecified atom stereocenters. The Morgan fingerprint density at radius 3 is 2.56 bits per heavy atom. The smallest absolute Gasteiger partial charge is 0.243 e. The molecule has 0 saturated carbocycles. The van der Waals surface area contributed by atoms with Crippen LogP contribution in [0, 0.1) is 0 Å². The zero-order chi connectivity index (χ0) is 16.8. The van der Waals surface area contributed by atoms with Crippen molar-refractivity contribution in [2.24, 2.45) is 0 Å². The lowest BCUT2D eigenvalue weighted by atomic mass is 9.97. The standard InChI is InChI=1S/C20H22N4O/c25-20(14-22-11-8-15-4-1-2-5-19(15)22)24-16-6-7-17(24)13-18(12-16)23-10-3-9-21-23/h1-5,8-11,16-18H,6-7,12-14H2. The molecule has 0 spiro atoms. The Balaban J connectivity index is 1.35. The highest BCUT2D eigenvalue weighted by Gasteiger charge is 2.43. The van der Waals surface area contributed by atoms with Crippen molar-refractivity contribution in [2.45, 2.75) is 50.4 Å². The van der Waals surface area contributed by atoms with Crippen LogP contribution in [0.2, 0.25) is 0 Å². The predicted octanol–water partition coefficient (Wildman–Crippen LogP) is 3.23. The summed E-state index contributed by atoms with van der Waals surface area (Å²) in [5.74, 6) is 0.257. The Labute approximate surface area is 146 Å². The molecule has 1 amide bonds. The fourth-order valence-electron chi connectivity index (χ4n) is 4.77. The molecule has 4 heterocycles. The van der Waals surface area contributed by atoms with E-state index in [4.69, 9.17) is 0 Å². The molecule has 0 N–H and O–H groups in total. The van der Waals surface area contributed by atoms with Crippen LogP contribution in [0.4, 0.5) is 0 Å². The lowest BCUT2D eigenvalue weighted by Gasteiger charge is -2.39. The summed E-state index contributed by atoms with van der Waals surface area (Å²) in [4.78, 5) is 15.2. The average molecular weight is 334 g/mol. The van der Waals surface area contributed by atoms with Crippen molar-refractivity contribution in [3.63, 3.8) is 0 Å². The summed E-state index contributed by atoms with van der Waals surface area (Å²) >= 11 is 0. The SMILES string of the molecule is O=C(Cn1ccc2ccccc21)N1C2CCC1CC(n1cccn1)C2. The first-order valence-corrected chi connectivity index (χ1v) is 9.14. The van der Waals surface area contributed by atoms with E-state index in [0.717, 1.165) is 31.2 Å². The van der Waals surface area contributed by atoms with E-state index >= 15 is 0 Å². The highest BCUT2D eigenvalue weighted by Crippen LogP contribution is 2.40. The maximum absolute atomic E-state index is 13.0. The van der Waals surface area contributed by atoms with E-state index in [9.17, 15) is 4.79 Å². The number of para-hydroxylation sites is 1. The number of carbonyl (C=O) groups excluding carboxylic acids is 1. The van der Waals surface area contributed by atoms with E-state index in [2.05, 4.69) is 37.4 Å². The highest BCUT2D eigenvalue weighted by molar-refractivity contribution is 5.83. The van der Waals surface area contributed by atoms with Gasteiger partial charge in [-0.05, 0) is 49.3 Å². The van der Waals surface area contributed by atoms with Gasteiger partial charge in [0.2, 0.25) is 5.91 Å². The Bertz CT molecular complexity index is 883. The van der Waals surface area contributed by atoms with Crippen LogP contribution in [-0.2, 0) is 11.3 Å². The number of piperidine rings is 1. The third kappa shape index (κ3) is 2.46. The van der Waals surface area contributed by atoms with Gasteiger partial charge in [0.25, 0.3) is 0 Å². The van der Waals surface area contributed by atoms with E-state index in [1.165, 1.54) is 5.39 Å². The largest absolute Gasteiger partial charge is 0.338 e. The van der Waals surface area contributed by atoms with Crippen LogP contribution in [0.15, 0.2) is 55.0 Å². The molecule has 0 aliphatic carbocycles. The number of aromatic nitrogens is 3. The summed E-state index contributed by atoms with van der Waals surface area (Å²) in [6.07, 6.45) is 10.2. The molecule has 2 aromatic heterocycles. The first-order chi connectivity index (χ1) is 12.3. The molecular weight excluding hydrogens is 312 g/mol. The monoisotopic (exact) mass is 334 g/mol. The summed E-state index contributed by atoms with van der Waals surface area (Å²) in [7, 11) is 0. The Hall–Kier alpha value is -2.56. The number of hydrogen-bond acceptors (Lipinski definition) is 2. The third-order valence-corrected chi connectivity index (χ3v) is 5.88. The number of nitrogens with zero attached hydrogens (tertiary/aromatic N) is 4. The van der Waals surface area contributed by atoms with Gasteiger partial charge < -0.3 is 9.47 Å². The second-order valence-corrected chi connectivity index (χ2v) is 7.30. The van der Waals surface area contributed by atoms with Gasteiger partial charge in [0, 0.05) is 36.2 Å². The first kappa shape index (κ1) is 14.8. The van der Waals surface area contributed by atoms with E-state index < -0.39 is 0 Å². The van der Waals surface area contributed by atoms with E-state index in [-0.39, 0.29) is 5.91 Å². The van der Waals surface area contributed by atoms with Gasteiger partial charge in [0.05, 0.1) is 6.04 Å². The van der Waals surface area contributed by atoms with E-state index in [0.29, 0.717) is 24.7 Å². The lowest BCUT2D eigenvalue weighted by Crippen LogP contribution is -2.48. The zero-order valence-corrected chi connectivity index (χ0v) is 14.2. The molecule has 2 aliphatic heterocycles. The first-order valence-electron chi connectivity index (χ1n) is 9.14. The number of carbonyl (C=O) groups is 1. The zero-order valence-electron chi connectivity index (χ0n) is 14.2. The molecule has 2 atom stereocenters. The van der Waals surface area contributed by atoms with Gasteiger partial charge in [-0.25, -0.2) is 0 Å². The fraction of sp³-hybridized carbons (Fsp3) is 0.400. The van der Waals surface area contributed by atoms with Crippen LogP contribution in [0.3, 0.4) is 0 Å². The number of rotatable bonds is 3. The van der Waals surface area contributed by atoms with Crippen molar-refractivity contribution >= 4 is 16.8 Å². The number of benzene rings is 1. The van der Waals surface area contributed by atoms with Gasteiger partial charge in [-0.15, -0.1) is 0 Å². The Morgan fingerprint density at radius 2 is 1.80 bits per heavy atom. The molecule has 2 saturated heterocycles. The summed E-state index contributed by atoms with van der Waals surface area (Å²) in [5.41, 5.74) is 1.13. The molecule has 5 rings (SSSR count). The van der Waals surface area contributed by atoms with Crippen molar-refractivity contribution < 1.29 is 4.79 Å². The van der Waals surface area contributed by atoms with Crippen molar-refractivity contribution in [3.8, 4) is 0 Å². The molecule has 2 bridgehead atoms. The summed E-state index contributed by atoms with van der Waals surface area (Å²) in [6, 6.07) is 13.5. The van der Waals surface area contributed by atoms with Crippen molar-refractivity contribution in [2.75, 3.05) is 0 Å². The van der Waals surface area contributed by atoms with Gasteiger partial charge in [-0.2, -0.15) is 5.10 Å². The minimum atomic E-state index is 0.257. The third-order valence-electron chi connectivity index (χ3n) is 5.88. The van der Waals surface area contributed by atoms with Crippen molar-refractivity contribution in [1.82, 2.24) is 19.2 Å². The summed E-state index contributed by atoms with van der Waals surface area (Å²) in [6.45, 7) is 0.437. The summed E-state index contributed by atoms with van der Waals surface area (Å²) in [5, 5.41) is 5.60. The van der Waals surface area contributed by atoms with E-state index in [1.807, 2.05) is 36.8 Å². The molecule has 128 valence electrons. The molecule has 5 nitrogen and oxygen atoms in total. The molecule has 3 aromatic rings. The van der Waals surface area contributed by atoms with Crippen LogP contribution in [0.1, 0.15) is 31.7 Å². The van der Waals surface area contributed by atoms with Crippen LogP contribution >= 0.6 is 0 Å². The Kier molecular flexibility index (Phi) is 3.40. The average Bonchev–Trinajstić information content (AvgIpc) is 3.34. The minimum absolute atomic E-state index is 0.257. The highest BCUT2D eigenvalue weighted by atomic mass is 16.2. The number of hydrogen-bond donors (Lipinski definition) is 0. The van der Waals surface area contributed by atoms with Crippen LogP contribution in [0.25, 0.3) is 10.9 Å². The number of fused-ring (bicyclic) bond motifs is 3. The minimum Gasteiger partial charge on any atom is -0.338 e. The van der Waals surface area contributed by atoms with Crippen LogP contribution in [-0.4, -0.2) is 37.2 Å². The van der Waals surface area contributed by atoms with E-state index in [1.54, 1.807) is 0 Å². The molecule has 2 fully saturated rings. The molecule has 2 aliphatic rings. The maximum atomic E-state index is 13.0. The van der Waals surface area contributed by atoms with Crippen LogP contribution in [0.5, 0.6) is 0 Å². The van der Waals surface area contributed by atoms with Gasteiger partial charge in [0.15, 0.2) is 0 Å². The maximum Gasteiger partial charge on any atom is 0.243 e. The Morgan fingerprint density at radius 1 is 1.00 bits per heavy atom. The fourth-order valence-corrected chi connectivity index (χ4v) is 4.77. The van der Waals surface area contributed by atoms with Crippen LogP contribution < -0.4 is 0 Å². The molecule has 1 aromatic carbocycles. The van der Waals surface area contributed by atoms with Crippen molar-refractivity contribution in [3.05, 3.63) is 55.0 Å². The molecule has 5 heteroatoms. The van der Waals surface area contributed by atoms with Gasteiger partial charge >= 0.3 is 0 Å². The topological polar surface area (TPSA) is 43.1 Å². The normalized spacial score (nSPS) is 25.6. The number of amides is 1. The van der Waals surface area contributed by atoms with Crippen molar-refractivity contribution in [1.29, 1.82) is 0 Å². The van der Waals surface area contributed by atoms with Gasteiger partial charge in [0.1, 0.15) is 6.54 Å². The van der Waals surface area contributed by atoms with Gasteiger partial charge in [-0.1, -0.05) is 18.2 Å². The lowest BCUT2D eigenvalue weighted by molar-refractivity contribution is -0.136. The molecule has 0 radical (unpaired) electrons. The molecular formula is C20H22N4O. The second-order valence-electron chi connectivity index (χ2n) is 7.30. The second kappa shape index (κ2) is 5.76.